The van der Waals surface area contributed by atoms with Gasteiger partial charge >= 0.3 is 0 Å². The van der Waals surface area contributed by atoms with E-state index in [9.17, 15) is 9.90 Å². The Morgan fingerprint density at radius 1 is 1.03 bits per heavy atom. The van der Waals surface area contributed by atoms with Gasteiger partial charge in [0.2, 0.25) is 0 Å². The number of carbonyl (C=O) groups is 1. The third-order valence-corrected chi connectivity index (χ3v) is 5.12. The summed E-state index contributed by atoms with van der Waals surface area (Å²) < 4.78 is 0. The minimum atomic E-state index is 0.179. The number of ketones is 1. The molecule has 0 heterocycles. The highest BCUT2D eigenvalue weighted by atomic mass is 32.1. The Kier molecular flexibility index (Phi) is 19.6. The number of thiocarbonyl (C=S) groups is 1. The van der Waals surface area contributed by atoms with Crippen molar-refractivity contribution in [2.75, 3.05) is 0 Å². The Bertz CT molecular complexity index is 701. The molecular formula is C29H44O2S. The zero-order chi connectivity index (χ0) is 24.0. The van der Waals surface area contributed by atoms with Gasteiger partial charge in [-0.3, -0.25) is 4.79 Å². The Hall–Kier alpha value is -2.00. The molecule has 1 unspecified atom stereocenters. The lowest BCUT2D eigenvalue weighted by Gasteiger charge is -2.05. The molecule has 0 saturated carbocycles. The monoisotopic (exact) mass is 456 g/mol. The summed E-state index contributed by atoms with van der Waals surface area (Å²) in [7, 11) is 0. The average molecular weight is 457 g/mol. The molecule has 1 aromatic rings. The number of aliphatic hydroxyl groups is 1. The van der Waals surface area contributed by atoms with Crippen LogP contribution in [0.25, 0.3) is 0 Å². The Morgan fingerprint density at radius 2 is 1.75 bits per heavy atom. The lowest BCUT2D eigenvalue weighted by molar-refractivity contribution is -0.114. The van der Waals surface area contributed by atoms with Crippen molar-refractivity contribution in [3.8, 4) is 0 Å². The molecule has 0 radical (unpaired) electrons. The standard InChI is InChI=1S/C18H24OS.C11H20O/c1-15(8-6-7-9-16(2)20)12-13-18(19)14-17-10-4-3-5-11-17;1-3-5-6-7-8-10-11(12)9-4-2/h3-5,10-13,15H,6-9,14H2,1-2H3;5-6,9,12H,3-4,7-8,10H2,1-2H3/b13-12+;6-5-,11-9?. The fourth-order valence-corrected chi connectivity index (χ4v) is 3.23. The van der Waals surface area contributed by atoms with E-state index in [2.05, 4.69) is 26.0 Å². The first-order valence-electron chi connectivity index (χ1n) is 12.2. The molecule has 0 aliphatic heterocycles. The van der Waals surface area contributed by atoms with Crippen LogP contribution < -0.4 is 0 Å². The van der Waals surface area contributed by atoms with Crippen LogP contribution in [-0.2, 0) is 11.2 Å². The zero-order valence-corrected chi connectivity index (χ0v) is 21.5. The Labute approximate surface area is 202 Å². The summed E-state index contributed by atoms with van der Waals surface area (Å²) in [4.78, 5) is 12.9. The van der Waals surface area contributed by atoms with Crippen LogP contribution in [0.4, 0.5) is 0 Å². The van der Waals surface area contributed by atoms with E-state index in [0.717, 1.165) is 61.8 Å². The Balaban J connectivity index is 0.000000687. The van der Waals surface area contributed by atoms with Gasteiger partial charge in [-0.25, -0.2) is 0 Å². The molecule has 1 atom stereocenters. The molecule has 32 heavy (non-hydrogen) atoms. The van der Waals surface area contributed by atoms with Crippen molar-refractivity contribution in [1.82, 2.24) is 0 Å². The third kappa shape index (κ3) is 19.9. The van der Waals surface area contributed by atoms with Crippen molar-refractivity contribution in [3.05, 3.63) is 72.0 Å². The predicted molar refractivity (Wildman–Crippen MR) is 144 cm³/mol. The van der Waals surface area contributed by atoms with Crippen LogP contribution in [0.1, 0.15) is 91.0 Å². The fourth-order valence-electron chi connectivity index (χ4n) is 3.09. The van der Waals surface area contributed by atoms with Crippen molar-refractivity contribution in [1.29, 1.82) is 0 Å². The lowest BCUT2D eigenvalue weighted by Crippen LogP contribution is -2.00. The minimum absolute atomic E-state index is 0.179. The Morgan fingerprint density at radius 3 is 2.38 bits per heavy atom. The molecule has 0 aliphatic rings. The van der Waals surface area contributed by atoms with Crippen LogP contribution in [0.5, 0.6) is 0 Å². The second kappa shape index (κ2) is 20.9. The van der Waals surface area contributed by atoms with Gasteiger partial charge in [-0.15, -0.1) is 0 Å². The molecule has 0 amide bonds. The first-order valence-corrected chi connectivity index (χ1v) is 12.6. The molecule has 1 rings (SSSR count). The average Bonchev–Trinajstić information content (AvgIpc) is 2.76. The molecule has 0 bridgehead atoms. The molecule has 0 saturated heterocycles. The fraction of sp³-hybridized carbons (Fsp3) is 0.517. The number of allylic oxidation sites excluding steroid dienone is 6. The maximum absolute atomic E-state index is 11.8. The number of benzene rings is 1. The van der Waals surface area contributed by atoms with E-state index in [0.29, 0.717) is 18.1 Å². The van der Waals surface area contributed by atoms with Crippen molar-refractivity contribution in [2.45, 2.75) is 91.9 Å². The second-order valence-electron chi connectivity index (χ2n) is 8.29. The topological polar surface area (TPSA) is 37.3 Å². The number of aliphatic hydroxyl groups excluding tert-OH is 1. The summed E-state index contributed by atoms with van der Waals surface area (Å²) in [5, 5.41) is 9.24. The number of unbranched alkanes of at least 4 members (excludes halogenated alkanes) is 2. The molecule has 2 nitrogen and oxygen atoms in total. The first-order chi connectivity index (χ1) is 15.4. The molecule has 1 N–H and O–H groups in total. The van der Waals surface area contributed by atoms with Crippen LogP contribution >= 0.6 is 12.2 Å². The van der Waals surface area contributed by atoms with Crippen LogP contribution in [0, 0.1) is 5.92 Å². The number of hydrogen-bond acceptors (Lipinski definition) is 3. The normalized spacial score (nSPS) is 12.6. The van der Waals surface area contributed by atoms with Gasteiger partial charge in [0.05, 0.1) is 5.76 Å². The first kappa shape index (κ1) is 30.0. The molecule has 178 valence electrons. The maximum Gasteiger partial charge on any atom is 0.159 e. The van der Waals surface area contributed by atoms with Gasteiger partial charge < -0.3 is 5.11 Å². The summed E-state index contributed by atoms with van der Waals surface area (Å²) in [6.07, 6.45) is 20.0. The maximum atomic E-state index is 11.8. The van der Waals surface area contributed by atoms with Gasteiger partial charge in [0.25, 0.3) is 0 Å². The molecule has 0 aliphatic carbocycles. The predicted octanol–water partition coefficient (Wildman–Crippen LogP) is 8.92. The van der Waals surface area contributed by atoms with Gasteiger partial charge in [0.1, 0.15) is 0 Å². The number of carbonyl (C=O) groups excluding carboxylic acids is 1. The summed E-state index contributed by atoms with van der Waals surface area (Å²) in [5.74, 6) is 1.18. The second-order valence-corrected chi connectivity index (χ2v) is 8.99. The van der Waals surface area contributed by atoms with Crippen molar-refractivity contribution < 1.29 is 9.90 Å². The van der Waals surface area contributed by atoms with Crippen LogP contribution in [0.15, 0.2) is 66.5 Å². The van der Waals surface area contributed by atoms with E-state index in [1.807, 2.05) is 56.3 Å². The quantitative estimate of drug-likeness (QED) is 0.0941. The van der Waals surface area contributed by atoms with Gasteiger partial charge in [0, 0.05) is 12.8 Å². The summed E-state index contributed by atoms with van der Waals surface area (Å²) in [5.41, 5.74) is 1.08. The highest BCUT2D eigenvalue weighted by Gasteiger charge is 2.02. The van der Waals surface area contributed by atoms with E-state index in [1.165, 1.54) is 6.42 Å². The number of hydrogen-bond donors (Lipinski definition) is 1. The van der Waals surface area contributed by atoms with Crippen LogP contribution in [-0.4, -0.2) is 15.8 Å². The van der Waals surface area contributed by atoms with Crippen molar-refractivity contribution in [3.63, 3.8) is 0 Å². The third-order valence-electron chi connectivity index (χ3n) is 4.92. The minimum Gasteiger partial charge on any atom is -0.513 e. The molecular weight excluding hydrogens is 412 g/mol. The zero-order valence-electron chi connectivity index (χ0n) is 20.7. The van der Waals surface area contributed by atoms with Crippen LogP contribution in [0.3, 0.4) is 0 Å². The summed E-state index contributed by atoms with van der Waals surface area (Å²) in [6, 6.07) is 9.87. The van der Waals surface area contributed by atoms with E-state index in [4.69, 9.17) is 12.2 Å². The SMILES string of the molecule is CC(=S)CCCCC(C)/C=C/C(=O)Cc1ccccc1.CCC=C(O)CCC/C=C\CC. The number of rotatable bonds is 15. The smallest absolute Gasteiger partial charge is 0.159 e. The molecule has 0 aromatic heterocycles. The largest absolute Gasteiger partial charge is 0.513 e. The van der Waals surface area contributed by atoms with E-state index in [-0.39, 0.29) is 5.78 Å². The highest BCUT2D eigenvalue weighted by molar-refractivity contribution is 7.80. The van der Waals surface area contributed by atoms with Gasteiger partial charge in [-0.05, 0) is 80.4 Å². The van der Waals surface area contributed by atoms with E-state index in [1.54, 1.807) is 6.08 Å². The van der Waals surface area contributed by atoms with Gasteiger partial charge in [-0.2, -0.15) is 0 Å². The van der Waals surface area contributed by atoms with Crippen molar-refractivity contribution in [2.24, 2.45) is 5.92 Å². The molecule has 1 aromatic carbocycles. The van der Waals surface area contributed by atoms with E-state index < -0.39 is 0 Å². The lowest BCUT2D eigenvalue weighted by atomic mass is 10.0. The molecule has 0 spiro atoms. The van der Waals surface area contributed by atoms with Crippen molar-refractivity contribution >= 4 is 22.9 Å². The summed E-state index contributed by atoms with van der Waals surface area (Å²) >= 11 is 5.06. The summed E-state index contributed by atoms with van der Waals surface area (Å²) in [6.45, 7) is 8.33. The highest BCUT2D eigenvalue weighted by Crippen LogP contribution is 2.12. The van der Waals surface area contributed by atoms with Gasteiger partial charge in [0.15, 0.2) is 5.78 Å². The molecule has 3 heteroatoms. The van der Waals surface area contributed by atoms with Gasteiger partial charge in [-0.1, -0.05) is 88.0 Å². The van der Waals surface area contributed by atoms with E-state index >= 15 is 0 Å². The molecule has 0 fully saturated rings. The van der Waals surface area contributed by atoms with Crippen LogP contribution in [0.2, 0.25) is 0 Å².